The van der Waals surface area contributed by atoms with Gasteiger partial charge in [-0.15, -0.1) is 11.3 Å². The number of fused-ring (bicyclic) bond motifs is 1. The van der Waals surface area contributed by atoms with E-state index in [1.165, 1.54) is 0 Å². The second kappa shape index (κ2) is 9.11. The first-order valence-electron chi connectivity index (χ1n) is 11.8. The van der Waals surface area contributed by atoms with Gasteiger partial charge in [-0.2, -0.15) is 5.10 Å². The molecule has 0 bridgehead atoms. The normalized spacial score (nSPS) is 26.1. The maximum atomic E-state index is 13.0. The van der Waals surface area contributed by atoms with Gasteiger partial charge in [0, 0.05) is 50.8 Å². The molecule has 1 N–H and O–H groups in total. The summed E-state index contributed by atoms with van der Waals surface area (Å²) in [5.41, 5.74) is 0.990. The summed E-state index contributed by atoms with van der Waals surface area (Å²) in [5.74, 6) is 0.244. The summed E-state index contributed by atoms with van der Waals surface area (Å²) < 4.78 is 7.62. The lowest BCUT2D eigenvalue weighted by Crippen LogP contribution is -2.53. The lowest BCUT2D eigenvalue weighted by molar-refractivity contribution is -0.135. The van der Waals surface area contributed by atoms with E-state index >= 15 is 0 Å². The Morgan fingerprint density at radius 3 is 2.59 bits per heavy atom. The van der Waals surface area contributed by atoms with Gasteiger partial charge in [-0.05, 0) is 51.5 Å². The van der Waals surface area contributed by atoms with E-state index in [1.54, 1.807) is 11.3 Å². The molecule has 0 unspecified atom stereocenters. The predicted octanol–water partition coefficient (Wildman–Crippen LogP) is 2.57. The first kappa shape index (κ1) is 21.9. The molecular formula is C23H33N5O3S. The Morgan fingerprint density at radius 2 is 1.88 bits per heavy atom. The van der Waals surface area contributed by atoms with Crippen LogP contribution in [0.2, 0.25) is 0 Å². The highest BCUT2D eigenvalue weighted by atomic mass is 32.1. The van der Waals surface area contributed by atoms with E-state index in [-0.39, 0.29) is 17.9 Å². The highest BCUT2D eigenvalue weighted by Crippen LogP contribution is 2.33. The number of likely N-dealkylation sites (N-methyl/N-ethyl adjacent to an activating group) is 1. The van der Waals surface area contributed by atoms with Crippen LogP contribution in [0.4, 0.5) is 0 Å². The molecule has 0 aromatic carbocycles. The van der Waals surface area contributed by atoms with E-state index in [9.17, 15) is 9.59 Å². The molecule has 0 atom stereocenters. The smallest absolute Gasteiger partial charge is 0.261 e. The van der Waals surface area contributed by atoms with Crippen LogP contribution in [-0.2, 0) is 9.53 Å². The van der Waals surface area contributed by atoms with Crippen LogP contribution >= 0.6 is 11.3 Å². The monoisotopic (exact) mass is 459 g/mol. The van der Waals surface area contributed by atoms with E-state index in [0.29, 0.717) is 18.6 Å². The van der Waals surface area contributed by atoms with Crippen LogP contribution in [-0.4, -0.2) is 83.4 Å². The Labute approximate surface area is 192 Å². The first-order valence-corrected chi connectivity index (χ1v) is 12.7. The molecule has 1 saturated carbocycles. The Bertz CT molecular complexity index is 987. The van der Waals surface area contributed by atoms with Gasteiger partial charge in [0.1, 0.15) is 4.83 Å². The number of aryl methyl sites for hydroxylation is 1. The molecule has 174 valence electrons. The quantitative estimate of drug-likeness (QED) is 0.760. The van der Waals surface area contributed by atoms with Crippen molar-refractivity contribution in [1.82, 2.24) is 24.9 Å². The summed E-state index contributed by atoms with van der Waals surface area (Å²) in [6.45, 7) is 5.87. The molecule has 8 nitrogen and oxygen atoms in total. The number of aromatic nitrogens is 2. The Balaban J connectivity index is 1.20. The minimum absolute atomic E-state index is 0.0300. The molecule has 4 heterocycles. The van der Waals surface area contributed by atoms with Crippen molar-refractivity contribution in [3.05, 3.63) is 16.6 Å². The zero-order chi connectivity index (χ0) is 22.2. The molecule has 5 rings (SSSR count). The number of thiophene rings is 1. The van der Waals surface area contributed by atoms with Gasteiger partial charge < -0.3 is 15.0 Å². The molecular weight excluding hydrogens is 426 g/mol. The molecule has 2 saturated heterocycles. The van der Waals surface area contributed by atoms with Crippen LogP contribution in [0.1, 0.15) is 59.9 Å². The van der Waals surface area contributed by atoms with Crippen molar-refractivity contribution in [2.24, 2.45) is 0 Å². The number of piperazine rings is 1. The summed E-state index contributed by atoms with van der Waals surface area (Å²) in [6.07, 6.45) is 5.95. The summed E-state index contributed by atoms with van der Waals surface area (Å²) >= 11 is 1.56. The van der Waals surface area contributed by atoms with Crippen LogP contribution in [0.5, 0.6) is 0 Å². The molecule has 2 aromatic rings. The fourth-order valence-corrected chi connectivity index (χ4v) is 6.43. The fraction of sp³-hybridized carbons (Fsp3) is 0.696. The molecule has 0 spiro atoms. The number of hydrogen-bond donors (Lipinski definition) is 1. The second-order valence-corrected chi connectivity index (χ2v) is 10.5. The standard InChI is InChI=1S/C23H33N5O3S/c1-15-19-13-20(32-23(19)28(25-15)18-7-11-31-12-8-18)22(30)24-16-3-5-17(6-4-16)27-10-9-26(2)21(29)14-27/h13,16-18H,3-12,14H2,1-2H3,(H,24,30). The molecule has 0 radical (unpaired) electrons. The summed E-state index contributed by atoms with van der Waals surface area (Å²) in [7, 11) is 1.88. The molecule has 2 amide bonds. The van der Waals surface area contributed by atoms with E-state index in [0.717, 1.165) is 85.6 Å². The van der Waals surface area contributed by atoms with Gasteiger partial charge in [-0.1, -0.05) is 0 Å². The zero-order valence-electron chi connectivity index (χ0n) is 19.0. The van der Waals surface area contributed by atoms with Crippen molar-refractivity contribution in [1.29, 1.82) is 0 Å². The average molecular weight is 460 g/mol. The average Bonchev–Trinajstić information content (AvgIpc) is 3.38. The molecule has 9 heteroatoms. The van der Waals surface area contributed by atoms with Gasteiger partial charge in [0.2, 0.25) is 5.91 Å². The Hall–Kier alpha value is -1.97. The number of amides is 2. The van der Waals surface area contributed by atoms with E-state index in [2.05, 4.69) is 14.9 Å². The van der Waals surface area contributed by atoms with Crippen LogP contribution in [0, 0.1) is 6.92 Å². The highest BCUT2D eigenvalue weighted by molar-refractivity contribution is 7.20. The first-order chi connectivity index (χ1) is 15.5. The number of hydrogen-bond acceptors (Lipinski definition) is 6. The Kier molecular flexibility index (Phi) is 6.22. The predicted molar refractivity (Wildman–Crippen MR) is 124 cm³/mol. The molecule has 3 aliphatic rings. The van der Waals surface area contributed by atoms with Crippen molar-refractivity contribution in [2.75, 3.05) is 39.9 Å². The van der Waals surface area contributed by atoms with E-state index < -0.39 is 0 Å². The topological polar surface area (TPSA) is 79.7 Å². The molecule has 2 aliphatic heterocycles. The lowest BCUT2D eigenvalue weighted by Gasteiger charge is -2.40. The molecule has 2 aromatic heterocycles. The van der Waals surface area contributed by atoms with Crippen molar-refractivity contribution in [3.8, 4) is 0 Å². The minimum Gasteiger partial charge on any atom is -0.381 e. The minimum atomic E-state index is 0.0300. The van der Waals surface area contributed by atoms with Crippen molar-refractivity contribution in [3.63, 3.8) is 0 Å². The Morgan fingerprint density at radius 1 is 1.12 bits per heavy atom. The van der Waals surface area contributed by atoms with Gasteiger partial charge in [-0.25, -0.2) is 0 Å². The third kappa shape index (κ3) is 4.30. The van der Waals surface area contributed by atoms with Crippen LogP contribution in [0.25, 0.3) is 10.2 Å². The van der Waals surface area contributed by atoms with Gasteiger partial charge in [-0.3, -0.25) is 19.2 Å². The van der Waals surface area contributed by atoms with E-state index in [4.69, 9.17) is 9.84 Å². The number of carbonyl (C=O) groups is 2. The van der Waals surface area contributed by atoms with Crippen molar-refractivity contribution < 1.29 is 14.3 Å². The van der Waals surface area contributed by atoms with Crippen LogP contribution < -0.4 is 5.32 Å². The van der Waals surface area contributed by atoms with Gasteiger partial charge >= 0.3 is 0 Å². The number of carbonyl (C=O) groups excluding carboxylic acids is 2. The third-order valence-electron chi connectivity index (χ3n) is 7.36. The van der Waals surface area contributed by atoms with Crippen LogP contribution in [0.3, 0.4) is 0 Å². The van der Waals surface area contributed by atoms with Crippen LogP contribution in [0.15, 0.2) is 6.07 Å². The zero-order valence-corrected chi connectivity index (χ0v) is 19.8. The third-order valence-corrected chi connectivity index (χ3v) is 8.49. The largest absolute Gasteiger partial charge is 0.381 e. The molecule has 32 heavy (non-hydrogen) atoms. The van der Waals surface area contributed by atoms with Gasteiger partial charge in [0.15, 0.2) is 0 Å². The summed E-state index contributed by atoms with van der Waals surface area (Å²) in [6, 6.07) is 3.03. The maximum absolute atomic E-state index is 13.0. The van der Waals surface area contributed by atoms with Gasteiger partial charge in [0.05, 0.1) is 23.2 Å². The van der Waals surface area contributed by atoms with Gasteiger partial charge in [0.25, 0.3) is 5.91 Å². The number of nitrogens with one attached hydrogen (secondary N) is 1. The molecule has 1 aliphatic carbocycles. The molecule has 3 fully saturated rings. The lowest BCUT2D eigenvalue weighted by atomic mass is 9.89. The maximum Gasteiger partial charge on any atom is 0.261 e. The summed E-state index contributed by atoms with van der Waals surface area (Å²) in [5, 5.41) is 9.12. The second-order valence-electron chi connectivity index (χ2n) is 9.47. The van der Waals surface area contributed by atoms with Crippen molar-refractivity contribution in [2.45, 2.75) is 63.6 Å². The fourth-order valence-electron chi connectivity index (χ4n) is 5.29. The number of rotatable bonds is 4. The number of nitrogens with zero attached hydrogens (tertiary/aromatic N) is 4. The SMILES string of the molecule is Cc1nn(C2CCOCC2)c2sc(C(=O)NC3CCC(N4CCN(C)C(=O)C4)CC3)cc12. The highest BCUT2D eigenvalue weighted by Gasteiger charge is 2.31. The summed E-state index contributed by atoms with van der Waals surface area (Å²) in [4.78, 5) is 31.1. The number of ether oxygens (including phenoxy) is 1. The van der Waals surface area contributed by atoms with Crippen molar-refractivity contribution >= 4 is 33.4 Å². The van der Waals surface area contributed by atoms with E-state index in [1.807, 2.05) is 24.9 Å².